The van der Waals surface area contributed by atoms with E-state index in [-0.39, 0.29) is 5.41 Å². The van der Waals surface area contributed by atoms with E-state index in [9.17, 15) is 0 Å². The summed E-state index contributed by atoms with van der Waals surface area (Å²) in [4.78, 5) is 4.90. The number of imidazole rings is 1. The Morgan fingerprint density at radius 1 is 1.16 bits per heavy atom. The quantitative estimate of drug-likeness (QED) is 0.849. The minimum atomic E-state index is 0.0488. The molecule has 3 heteroatoms. The van der Waals surface area contributed by atoms with Crippen molar-refractivity contribution < 1.29 is 0 Å². The van der Waals surface area contributed by atoms with Crippen LogP contribution in [0.3, 0.4) is 0 Å². The number of aromatic nitrogens is 2. The van der Waals surface area contributed by atoms with Crippen LogP contribution in [0.4, 0.5) is 0 Å². The molecule has 100 valence electrons. The van der Waals surface area contributed by atoms with Crippen LogP contribution >= 0.6 is 0 Å². The molecule has 19 heavy (non-hydrogen) atoms. The fourth-order valence-electron chi connectivity index (χ4n) is 2.67. The zero-order valence-electron chi connectivity index (χ0n) is 11.9. The molecule has 0 spiro atoms. The van der Waals surface area contributed by atoms with Gasteiger partial charge in [0.2, 0.25) is 0 Å². The van der Waals surface area contributed by atoms with Crippen LogP contribution in [0.25, 0.3) is 5.69 Å². The largest absolute Gasteiger partial charge is 0.311 e. The Morgan fingerprint density at radius 2 is 1.89 bits per heavy atom. The van der Waals surface area contributed by atoms with Gasteiger partial charge in [0, 0.05) is 36.3 Å². The minimum absolute atomic E-state index is 0.0488. The fourth-order valence-corrected chi connectivity index (χ4v) is 2.67. The molecular formula is C16H21N3. The summed E-state index contributed by atoms with van der Waals surface area (Å²) >= 11 is 0. The summed E-state index contributed by atoms with van der Waals surface area (Å²) in [5.74, 6) is 1.16. The van der Waals surface area contributed by atoms with Crippen molar-refractivity contribution in [2.24, 2.45) is 0 Å². The number of hydrogen-bond donors (Lipinski definition) is 1. The maximum absolute atomic E-state index is 4.90. The van der Waals surface area contributed by atoms with E-state index in [2.05, 4.69) is 61.0 Å². The van der Waals surface area contributed by atoms with Gasteiger partial charge in [-0.1, -0.05) is 39.0 Å². The maximum atomic E-state index is 4.90. The van der Waals surface area contributed by atoms with Crippen LogP contribution in [0.1, 0.15) is 38.0 Å². The van der Waals surface area contributed by atoms with Gasteiger partial charge >= 0.3 is 0 Å². The normalized spacial score (nSPS) is 15.3. The summed E-state index contributed by atoms with van der Waals surface area (Å²) in [5, 5.41) is 3.41. The first kappa shape index (κ1) is 12.4. The molecule has 0 saturated heterocycles. The van der Waals surface area contributed by atoms with E-state index in [4.69, 9.17) is 4.98 Å². The van der Waals surface area contributed by atoms with E-state index in [1.807, 2.05) is 0 Å². The van der Waals surface area contributed by atoms with Crippen molar-refractivity contribution in [3.05, 3.63) is 47.5 Å². The Hall–Kier alpha value is -1.61. The highest BCUT2D eigenvalue weighted by Crippen LogP contribution is 2.29. The van der Waals surface area contributed by atoms with Crippen molar-refractivity contribution in [1.82, 2.24) is 14.9 Å². The van der Waals surface area contributed by atoms with Crippen LogP contribution in [0.5, 0.6) is 0 Å². The van der Waals surface area contributed by atoms with Gasteiger partial charge in [0.05, 0.1) is 5.69 Å². The molecule has 1 aliphatic rings. The molecule has 0 bridgehead atoms. The Morgan fingerprint density at radius 3 is 2.58 bits per heavy atom. The van der Waals surface area contributed by atoms with E-state index in [0.717, 1.165) is 25.3 Å². The highest BCUT2D eigenvalue weighted by atomic mass is 15.1. The third-order valence-corrected chi connectivity index (χ3v) is 3.57. The average molecular weight is 255 g/mol. The molecule has 0 unspecified atom stereocenters. The van der Waals surface area contributed by atoms with Gasteiger partial charge in [-0.15, -0.1) is 0 Å². The first-order chi connectivity index (χ1) is 9.07. The van der Waals surface area contributed by atoms with E-state index in [1.165, 1.54) is 17.1 Å². The average Bonchev–Trinajstić information content (AvgIpc) is 2.79. The monoisotopic (exact) mass is 255 g/mol. The molecule has 0 radical (unpaired) electrons. The number of para-hydroxylation sites is 1. The molecule has 1 aliphatic heterocycles. The summed E-state index contributed by atoms with van der Waals surface area (Å²) in [6.45, 7) is 8.61. The van der Waals surface area contributed by atoms with E-state index in [0.29, 0.717) is 0 Å². The van der Waals surface area contributed by atoms with Gasteiger partial charge < -0.3 is 5.32 Å². The number of fused-ring (bicyclic) bond motifs is 1. The predicted octanol–water partition coefficient (Wildman–Crippen LogP) is 2.82. The molecule has 0 amide bonds. The highest BCUT2D eigenvalue weighted by Gasteiger charge is 2.27. The van der Waals surface area contributed by atoms with Gasteiger partial charge in [0.15, 0.2) is 0 Å². The third-order valence-electron chi connectivity index (χ3n) is 3.57. The van der Waals surface area contributed by atoms with Crippen LogP contribution in [0.2, 0.25) is 0 Å². The second-order valence-corrected chi connectivity index (χ2v) is 6.18. The van der Waals surface area contributed by atoms with Crippen molar-refractivity contribution in [3.8, 4) is 5.69 Å². The van der Waals surface area contributed by atoms with Gasteiger partial charge in [0.25, 0.3) is 0 Å². The van der Waals surface area contributed by atoms with Gasteiger partial charge in [-0.3, -0.25) is 4.57 Å². The zero-order chi connectivity index (χ0) is 13.5. The van der Waals surface area contributed by atoms with Crippen LogP contribution in [-0.2, 0) is 18.4 Å². The van der Waals surface area contributed by atoms with E-state index < -0.39 is 0 Å². The van der Waals surface area contributed by atoms with Gasteiger partial charge in [-0.2, -0.15) is 0 Å². The molecule has 3 nitrogen and oxygen atoms in total. The molecule has 2 heterocycles. The molecule has 2 aromatic rings. The lowest BCUT2D eigenvalue weighted by Crippen LogP contribution is -2.25. The predicted molar refractivity (Wildman–Crippen MR) is 77.7 cm³/mol. The highest BCUT2D eigenvalue weighted by molar-refractivity contribution is 5.39. The standard InChI is InChI=1S/C16H21N3/c1-16(2,3)15-18-13-11-17-10-9-14(13)19(15)12-7-5-4-6-8-12/h4-8,17H,9-11H2,1-3H3. The summed E-state index contributed by atoms with van der Waals surface area (Å²) < 4.78 is 2.36. The second kappa shape index (κ2) is 4.49. The van der Waals surface area contributed by atoms with Crippen molar-refractivity contribution in [2.75, 3.05) is 6.54 Å². The molecule has 0 atom stereocenters. The lowest BCUT2D eigenvalue weighted by Gasteiger charge is -2.22. The lowest BCUT2D eigenvalue weighted by molar-refractivity contribution is 0.533. The maximum Gasteiger partial charge on any atom is 0.119 e. The Kier molecular flexibility index (Phi) is 2.94. The van der Waals surface area contributed by atoms with Gasteiger partial charge in [-0.25, -0.2) is 4.98 Å². The molecule has 0 aliphatic carbocycles. The number of hydrogen-bond acceptors (Lipinski definition) is 2. The first-order valence-corrected chi connectivity index (χ1v) is 6.94. The summed E-state index contributed by atoms with van der Waals surface area (Å²) in [6, 6.07) is 10.6. The Labute approximate surface area is 114 Å². The zero-order valence-corrected chi connectivity index (χ0v) is 11.9. The fraction of sp³-hybridized carbons (Fsp3) is 0.438. The molecule has 1 aromatic carbocycles. The smallest absolute Gasteiger partial charge is 0.119 e. The molecule has 0 fully saturated rings. The second-order valence-electron chi connectivity index (χ2n) is 6.18. The van der Waals surface area contributed by atoms with E-state index >= 15 is 0 Å². The molecular weight excluding hydrogens is 234 g/mol. The number of nitrogens with one attached hydrogen (secondary N) is 1. The molecule has 3 rings (SSSR count). The number of rotatable bonds is 1. The van der Waals surface area contributed by atoms with Crippen LogP contribution < -0.4 is 5.32 Å². The van der Waals surface area contributed by atoms with Crippen molar-refractivity contribution >= 4 is 0 Å². The van der Waals surface area contributed by atoms with Crippen molar-refractivity contribution in [3.63, 3.8) is 0 Å². The van der Waals surface area contributed by atoms with Crippen LogP contribution in [0.15, 0.2) is 30.3 Å². The van der Waals surface area contributed by atoms with Gasteiger partial charge in [0.1, 0.15) is 5.82 Å². The van der Waals surface area contributed by atoms with Crippen LogP contribution in [0, 0.1) is 0 Å². The summed E-state index contributed by atoms with van der Waals surface area (Å²) in [6.07, 6.45) is 1.05. The lowest BCUT2D eigenvalue weighted by atomic mass is 9.95. The number of nitrogens with zero attached hydrogens (tertiary/aromatic N) is 2. The van der Waals surface area contributed by atoms with E-state index in [1.54, 1.807) is 0 Å². The molecule has 1 N–H and O–H groups in total. The summed E-state index contributed by atoms with van der Waals surface area (Å²) in [7, 11) is 0. The molecule has 1 aromatic heterocycles. The topological polar surface area (TPSA) is 29.9 Å². The Balaban J connectivity index is 2.23. The van der Waals surface area contributed by atoms with Crippen LogP contribution in [-0.4, -0.2) is 16.1 Å². The van der Waals surface area contributed by atoms with Crippen molar-refractivity contribution in [2.45, 2.75) is 39.2 Å². The van der Waals surface area contributed by atoms with Crippen molar-refractivity contribution in [1.29, 1.82) is 0 Å². The SMILES string of the molecule is CC(C)(C)c1nc2c(n1-c1ccccc1)CCNC2. The van der Waals surface area contributed by atoms with Gasteiger partial charge in [-0.05, 0) is 12.1 Å². The first-order valence-electron chi connectivity index (χ1n) is 6.94. The minimum Gasteiger partial charge on any atom is -0.311 e. The number of benzene rings is 1. The Bertz CT molecular complexity index is 576. The molecule has 0 saturated carbocycles. The third kappa shape index (κ3) is 2.19. The summed E-state index contributed by atoms with van der Waals surface area (Å²) in [5.41, 5.74) is 3.85.